The maximum absolute atomic E-state index is 5.58. The van der Waals surface area contributed by atoms with E-state index in [1.165, 1.54) is 11.1 Å². The van der Waals surface area contributed by atoms with Gasteiger partial charge in [-0.2, -0.15) is 0 Å². The van der Waals surface area contributed by atoms with Crippen LogP contribution in [0.4, 0.5) is 0 Å². The maximum atomic E-state index is 5.58. The summed E-state index contributed by atoms with van der Waals surface area (Å²) in [6.07, 6.45) is 2.74. The van der Waals surface area contributed by atoms with Crippen LogP contribution in [0.5, 0.6) is 0 Å². The molecule has 0 saturated heterocycles. The van der Waals surface area contributed by atoms with Gasteiger partial charge in [0.25, 0.3) is 0 Å². The van der Waals surface area contributed by atoms with Crippen LogP contribution >= 0.6 is 0 Å². The molecule has 0 saturated carbocycles. The Hall–Kier alpha value is -1.74. The lowest BCUT2D eigenvalue weighted by Crippen LogP contribution is -2.08. The molecule has 2 N–H and O–H groups in total. The molecular formula is C15H19N3. The summed E-state index contributed by atoms with van der Waals surface area (Å²) >= 11 is 0. The number of hydrogen-bond acceptors (Lipinski definition) is 3. The molecule has 0 spiro atoms. The predicted molar refractivity (Wildman–Crippen MR) is 74.3 cm³/mol. The molecule has 2 aromatic rings. The van der Waals surface area contributed by atoms with Crippen LogP contribution in [0.15, 0.2) is 36.5 Å². The summed E-state index contributed by atoms with van der Waals surface area (Å²) in [5.74, 6) is 1.18. The summed E-state index contributed by atoms with van der Waals surface area (Å²) in [7, 11) is 0. The van der Waals surface area contributed by atoms with Gasteiger partial charge in [-0.1, -0.05) is 31.2 Å². The van der Waals surface area contributed by atoms with E-state index < -0.39 is 0 Å². The first kappa shape index (κ1) is 12.7. The van der Waals surface area contributed by atoms with E-state index in [9.17, 15) is 0 Å². The smallest absolute Gasteiger partial charge is 0.131 e. The lowest BCUT2D eigenvalue weighted by atomic mass is 10.0. The van der Waals surface area contributed by atoms with Gasteiger partial charge in [-0.05, 0) is 31.5 Å². The zero-order valence-electron chi connectivity index (χ0n) is 10.9. The Balaban J connectivity index is 2.36. The van der Waals surface area contributed by atoms with Crippen LogP contribution in [-0.4, -0.2) is 16.5 Å². The Morgan fingerprint density at radius 2 is 2.00 bits per heavy atom. The maximum Gasteiger partial charge on any atom is 0.131 e. The zero-order valence-corrected chi connectivity index (χ0v) is 10.9. The highest BCUT2D eigenvalue weighted by molar-refractivity contribution is 5.62. The molecule has 0 aliphatic carbocycles. The summed E-state index contributed by atoms with van der Waals surface area (Å²) < 4.78 is 0. The van der Waals surface area contributed by atoms with E-state index in [0.29, 0.717) is 12.5 Å². The number of benzene rings is 1. The molecule has 18 heavy (non-hydrogen) atoms. The van der Waals surface area contributed by atoms with Crippen molar-refractivity contribution >= 4 is 0 Å². The topological polar surface area (TPSA) is 51.8 Å². The Labute approximate surface area is 108 Å². The van der Waals surface area contributed by atoms with Gasteiger partial charge in [0.2, 0.25) is 0 Å². The van der Waals surface area contributed by atoms with Gasteiger partial charge in [0.1, 0.15) is 5.82 Å². The van der Waals surface area contributed by atoms with Crippen molar-refractivity contribution in [2.45, 2.75) is 26.2 Å². The third kappa shape index (κ3) is 2.74. The van der Waals surface area contributed by atoms with Crippen molar-refractivity contribution < 1.29 is 0 Å². The lowest BCUT2D eigenvalue weighted by molar-refractivity contribution is 0.647. The van der Waals surface area contributed by atoms with Crippen molar-refractivity contribution in [1.82, 2.24) is 9.97 Å². The second-order valence-electron chi connectivity index (χ2n) is 4.59. The standard InChI is InChI=1S/C15H19N3/c1-11-5-3-4-6-13(11)14-8-10-17-15(18-14)12(2)7-9-16/h3-6,8,10,12H,7,9,16H2,1-2H3. The van der Waals surface area contributed by atoms with E-state index in [1.54, 1.807) is 0 Å². The van der Waals surface area contributed by atoms with Crippen LogP contribution in [0.3, 0.4) is 0 Å². The highest BCUT2D eigenvalue weighted by Crippen LogP contribution is 2.22. The van der Waals surface area contributed by atoms with Crippen molar-refractivity contribution in [3.05, 3.63) is 47.9 Å². The highest BCUT2D eigenvalue weighted by Gasteiger charge is 2.10. The quantitative estimate of drug-likeness (QED) is 0.895. The number of aryl methyl sites for hydroxylation is 1. The summed E-state index contributed by atoms with van der Waals surface area (Å²) in [5, 5.41) is 0. The fourth-order valence-electron chi connectivity index (χ4n) is 2.00. The molecule has 1 aromatic heterocycles. The van der Waals surface area contributed by atoms with E-state index in [1.807, 2.05) is 24.4 Å². The lowest BCUT2D eigenvalue weighted by Gasteiger charge is -2.10. The fourth-order valence-corrected chi connectivity index (χ4v) is 2.00. The molecule has 0 aliphatic heterocycles. The molecule has 0 amide bonds. The summed E-state index contributed by atoms with van der Waals surface area (Å²) in [6.45, 7) is 4.88. The summed E-state index contributed by atoms with van der Waals surface area (Å²) in [5.41, 5.74) is 8.97. The minimum absolute atomic E-state index is 0.305. The first-order valence-electron chi connectivity index (χ1n) is 6.31. The van der Waals surface area contributed by atoms with Crippen molar-refractivity contribution in [3.8, 4) is 11.3 Å². The zero-order chi connectivity index (χ0) is 13.0. The Bertz CT molecular complexity index is 523. The second-order valence-corrected chi connectivity index (χ2v) is 4.59. The first-order chi connectivity index (χ1) is 8.72. The van der Waals surface area contributed by atoms with E-state index in [0.717, 1.165) is 17.9 Å². The van der Waals surface area contributed by atoms with E-state index in [-0.39, 0.29) is 0 Å². The van der Waals surface area contributed by atoms with Crippen LogP contribution in [0.1, 0.15) is 30.7 Å². The average molecular weight is 241 g/mol. The molecular weight excluding hydrogens is 222 g/mol. The third-order valence-electron chi connectivity index (χ3n) is 3.14. The molecule has 2 rings (SSSR count). The van der Waals surface area contributed by atoms with Crippen LogP contribution in [0.25, 0.3) is 11.3 Å². The van der Waals surface area contributed by atoms with Gasteiger partial charge in [0, 0.05) is 17.7 Å². The predicted octanol–water partition coefficient (Wildman–Crippen LogP) is 2.90. The van der Waals surface area contributed by atoms with Gasteiger partial charge >= 0.3 is 0 Å². The molecule has 1 unspecified atom stereocenters. The van der Waals surface area contributed by atoms with E-state index in [2.05, 4.69) is 35.9 Å². The van der Waals surface area contributed by atoms with Gasteiger partial charge in [0.05, 0.1) is 5.69 Å². The molecule has 0 aliphatic rings. The third-order valence-corrected chi connectivity index (χ3v) is 3.14. The minimum atomic E-state index is 0.305. The molecule has 94 valence electrons. The molecule has 3 nitrogen and oxygen atoms in total. The Morgan fingerprint density at radius 1 is 1.22 bits per heavy atom. The van der Waals surface area contributed by atoms with Crippen LogP contribution in [0.2, 0.25) is 0 Å². The molecule has 0 bridgehead atoms. The first-order valence-corrected chi connectivity index (χ1v) is 6.31. The molecule has 1 atom stereocenters. The molecule has 3 heteroatoms. The van der Waals surface area contributed by atoms with Crippen molar-refractivity contribution in [1.29, 1.82) is 0 Å². The minimum Gasteiger partial charge on any atom is -0.330 e. The van der Waals surface area contributed by atoms with Gasteiger partial charge in [0.15, 0.2) is 0 Å². The van der Waals surface area contributed by atoms with Crippen molar-refractivity contribution in [2.75, 3.05) is 6.54 Å². The van der Waals surface area contributed by atoms with Gasteiger partial charge in [-0.15, -0.1) is 0 Å². The van der Waals surface area contributed by atoms with Crippen LogP contribution < -0.4 is 5.73 Å². The largest absolute Gasteiger partial charge is 0.330 e. The number of aromatic nitrogens is 2. The van der Waals surface area contributed by atoms with Crippen molar-refractivity contribution in [2.24, 2.45) is 5.73 Å². The number of hydrogen-bond donors (Lipinski definition) is 1. The summed E-state index contributed by atoms with van der Waals surface area (Å²) in [4.78, 5) is 9.00. The molecule has 0 radical (unpaired) electrons. The summed E-state index contributed by atoms with van der Waals surface area (Å²) in [6, 6.07) is 10.2. The molecule has 1 heterocycles. The van der Waals surface area contributed by atoms with E-state index in [4.69, 9.17) is 5.73 Å². The normalized spacial score (nSPS) is 12.4. The number of rotatable bonds is 4. The average Bonchev–Trinajstić information content (AvgIpc) is 2.40. The van der Waals surface area contributed by atoms with Crippen LogP contribution in [-0.2, 0) is 0 Å². The molecule has 1 aromatic carbocycles. The second kappa shape index (κ2) is 5.74. The van der Waals surface area contributed by atoms with Crippen molar-refractivity contribution in [3.63, 3.8) is 0 Å². The van der Waals surface area contributed by atoms with Gasteiger partial charge < -0.3 is 5.73 Å². The fraction of sp³-hybridized carbons (Fsp3) is 0.333. The van der Waals surface area contributed by atoms with Gasteiger partial charge in [-0.25, -0.2) is 9.97 Å². The molecule has 0 fully saturated rings. The SMILES string of the molecule is Cc1ccccc1-c1ccnc(C(C)CCN)n1. The van der Waals surface area contributed by atoms with E-state index >= 15 is 0 Å². The number of nitrogens with zero attached hydrogens (tertiary/aromatic N) is 2. The Kier molecular flexibility index (Phi) is 4.05. The highest BCUT2D eigenvalue weighted by atomic mass is 14.9. The Morgan fingerprint density at radius 3 is 2.72 bits per heavy atom. The monoisotopic (exact) mass is 241 g/mol. The number of nitrogens with two attached hydrogens (primary N) is 1. The van der Waals surface area contributed by atoms with Gasteiger partial charge in [-0.3, -0.25) is 0 Å². The van der Waals surface area contributed by atoms with Crippen LogP contribution in [0, 0.1) is 6.92 Å².